The first-order chi connectivity index (χ1) is 2.30. The van der Waals surface area contributed by atoms with Crippen LogP contribution in [-0.4, -0.2) is 12.1 Å². The van der Waals surface area contributed by atoms with Gasteiger partial charge in [-0.3, -0.25) is 0 Å². The van der Waals surface area contributed by atoms with Crippen LogP contribution in [-0.2, 0) is 0 Å². The second-order valence-electron chi connectivity index (χ2n) is 1.56. The molecule has 4 heteroatoms. The first kappa shape index (κ1) is 10.5. The van der Waals surface area contributed by atoms with Crippen LogP contribution in [0.5, 0.6) is 0 Å². The summed E-state index contributed by atoms with van der Waals surface area (Å²) < 4.78 is 0. The van der Waals surface area contributed by atoms with Crippen molar-refractivity contribution in [1.82, 2.24) is 0 Å². The summed E-state index contributed by atoms with van der Waals surface area (Å²) in [5.74, 6) is 0. The van der Waals surface area contributed by atoms with Crippen LogP contribution in [0, 0.1) is 0 Å². The van der Waals surface area contributed by atoms with E-state index in [1.807, 2.05) is 0 Å². The lowest BCUT2D eigenvalue weighted by Crippen LogP contribution is -2.12. The molecule has 1 fully saturated rings. The lowest BCUT2D eigenvalue weighted by Gasteiger charge is -1.70. The Labute approximate surface area is 55.4 Å². The van der Waals surface area contributed by atoms with Gasteiger partial charge in [-0.05, 0) is 6.42 Å². The van der Waals surface area contributed by atoms with E-state index in [-0.39, 0.29) is 24.8 Å². The molecule has 1 rings (SSSR count). The summed E-state index contributed by atoms with van der Waals surface area (Å²) in [7, 11) is 0. The highest BCUT2D eigenvalue weighted by Gasteiger charge is 2.28. The average Bonchev–Trinajstić information content (AvgIpc) is 1.79. The largest absolute Gasteiger partial charge is 0.326 e. The molecule has 0 heterocycles. The van der Waals surface area contributed by atoms with Gasteiger partial charge in [-0.15, -0.1) is 24.8 Å². The quantitative estimate of drug-likeness (QED) is 0.499. The molecule has 2 nitrogen and oxygen atoms in total. The van der Waals surface area contributed by atoms with Crippen LogP contribution in [0.3, 0.4) is 0 Å². The molecule has 0 aliphatic heterocycles. The Morgan fingerprint density at radius 2 is 1.14 bits per heavy atom. The Kier molecular flexibility index (Phi) is 5.23. The Balaban J connectivity index is 0. The van der Waals surface area contributed by atoms with Crippen LogP contribution in [0.15, 0.2) is 0 Å². The normalized spacial score (nSPS) is 35.1. The fraction of sp³-hybridized carbons (Fsp3) is 1.00. The molecule has 0 radical (unpaired) electrons. The van der Waals surface area contributed by atoms with Crippen LogP contribution in [0.2, 0.25) is 0 Å². The first-order valence-electron chi connectivity index (χ1n) is 1.82. The molecule has 0 aromatic rings. The highest BCUT2D eigenvalue weighted by molar-refractivity contribution is 5.85. The molecular formula is C3H10Cl2N2. The number of halogens is 2. The van der Waals surface area contributed by atoms with Crippen LogP contribution < -0.4 is 11.5 Å². The predicted octanol–water partition coefficient (Wildman–Crippen LogP) is -0.112. The minimum Gasteiger partial charge on any atom is -0.326 e. The SMILES string of the molecule is Cl.Cl.N[C@H]1C[C@@H]1N. The van der Waals surface area contributed by atoms with Crippen molar-refractivity contribution in [3.63, 3.8) is 0 Å². The van der Waals surface area contributed by atoms with E-state index in [2.05, 4.69) is 0 Å². The van der Waals surface area contributed by atoms with Crippen LogP contribution >= 0.6 is 24.8 Å². The maximum atomic E-state index is 5.24. The third-order valence-electron chi connectivity index (χ3n) is 0.891. The summed E-state index contributed by atoms with van der Waals surface area (Å²) in [5.41, 5.74) is 10.5. The molecule has 0 bridgehead atoms. The summed E-state index contributed by atoms with van der Waals surface area (Å²) in [4.78, 5) is 0. The molecule has 0 unspecified atom stereocenters. The molecule has 0 saturated heterocycles. The molecule has 0 spiro atoms. The molecule has 1 aliphatic carbocycles. The Hall–Kier alpha value is 0.500. The zero-order valence-electron chi connectivity index (χ0n) is 3.83. The summed E-state index contributed by atoms with van der Waals surface area (Å²) in [6, 6.07) is 0.657. The lowest BCUT2D eigenvalue weighted by atomic mass is 10.7. The zero-order chi connectivity index (χ0) is 3.86. The van der Waals surface area contributed by atoms with Crippen LogP contribution in [0.1, 0.15) is 6.42 Å². The average molecular weight is 145 g/mol. The number of nitrogens with two attached hydrogens (primary N) is 2. The van der Waals surface area contributed by atoms with E-state index in [1.165, 1.54) is 0 Å². The summed E-state index contributed by atoms with van der Waals surface area (Å²) >= 11 is 0. The molecule has 7 heavy (non-hydrogen) atoms. The summed E-state index contributed by atoms with van der Waals surface area (Å²) in [6.45, 7) is 0. The maximum Gasteiger partial charge on any atom is 0.0208 e. The van der Waals surface area contributed by atoms with Gasteiger partial charge >= 0.3 is 0 Å². The van der Waals surface area contributed by atoms with Crippen molar-refractivity contribution in [3.05, 3.63) is 0 Å². The van der Waals surface area contributed by atoms with Crippen molar-refractivity contribution in [3.8, 4) is 0 Å². The van der Waals surface area contributed by atoms with Crippen molar-refractivity contribution in [2.24, 2.45) is 11.5 Å². The molecule has 0 amide bonds. The minimum absolute atomic E-state index is 0. The molecule has 2 atom stereocenters. The van der Waals surface area contributed by atoms with E-state index in [4.69, 9.17) is 11.5 Å². The number of rotatable bonds is 0. The summed E-state index contributed by atoms with van der Waals surface area (Å²) in [6.07, 6.45) is 1.03. The van der Waals surface area contributed by atoms with E-state index in [9.17, 15) is 0 Å². The van der Waals surface area contributed by atoms with Gasteiger partial charge in [0.05, 0.1) is 0 Å². The van der Waals surface area contributed by atoms with Gasteiger partial charge in [-0.1, -0.05) is 0 Å². The predicted molar refractivity (Wildman–Crippen MR) is 35.1 cm³/mol. The number of hydrogen-bond donors (Lipinski definition) is 2. The van der Waals surface area contributed by atoms with Crippen LogP contribution in [0.4, 0.5) is 0 Å². The Morgan fingerprint density at radius 3 is 1.14 bits per heavy atom. The second-order valence-corrected chi connectivity index (χ2v) is 1.56. The monoisotopic (exact) mass is 144 g/mol. The van der Waals surface area contributed by atoms with Gasteiger partial charge < -0.3 is 11.5 Å². The second kappa shape index (κ2) is 3.50. The van der Waals surface area contributed by atoms with Gasteiger partial charge in [0, 0.05) is 12.1 Å². The molecule has 46 valence electrons. The fourth-order valence-electron chi connectivity index (χ4n) is 0.236. The summed E-state index contributed by atoms with van der Waals surface area (Å²) in [5, 5.41) is 0. The van der Waals surface area contributed by atoms with E-state index in [1.54, 1.807) is 0 Å². The maximum absolute atomic E-state index is 5.24. The Morgan fingerprint density at radius 1 is 1.00 bits per heavy atom. The van der Waals surface area contributed by atoms with Gasteiger partial charge in [-0.25, -0.2) is 0 Å². The van der Waals surface area contributed by atoms with Crippen LogP contribution in [0.25, 0.3) is 0 Å². The minimum atomic E-state index is 0. The van der Waals surface area contributed by atoms with Gasteiger partial charge in [0.2, 0.25) is 0 Å². The highest BCUT2D eigenvalue weighted by atomic mass is 35.5. The molecule has 4 N–H and O–H groups in total. The van der Waals surface area contributed by atoms with E-state index in [0.29, 0.717) is 12.1 Å². The van der Waals surface area contributed by atoms with Crippen molar-refractivity contribution >= 4 is 24.8 Å². The van der Waals surface area contributed by atoms with Crippen molar-refractivity contribution < 1.29 is 0 Å². The standard InChI is InChI=1S/C3H8N2.2ClH/c4-2-1-3(2)5;;/h2-3H,1,4-5H2;2*1H/t2-,3-;;/m0../s1. The zero-order valence-corrected chi connectivity index (χ0v) is 5.47. The third-order valence-corrected chi connectivity index (χ3v) is 0.891. The third kappa shape index (κ3) is 3.12. The van der Waals surface area contributed by atoms with Gasteiger partial charge in [0.25, 0.3) is 0 Å². The van der Waals surface area contributed by atoms with Gasteiger partial charge in [-0.2, -0.15) is 0 Å². The molecule has 0 aromatic carbocycles. The molecular weight excluding hydrogens is 135 g/mol. The lowest BCUT2D eigenvalue weighted by molar-refractivity contribution is 0.962. The number of hydrogen-bond acceptors (Lipinski definition) is 2. The topological polar surface area (TPSA) is 52.0 Å². The smallest absolute Gasteiger partial charge is 0.0208 e. The van der Waals surface area contributed by atoms with E-state index < -0.39 is 0 Å². The van der Waals surface area contributed by atoms with E-state index in [0.717, 1.165) is 6.42 Å². The highest BCUT2D eigenvalue weighted by Crippen LogP contribution is 2.12. The molecule has 0 aromatic heterocycles. The van der Waals surface area contributed by atoms with Gasteiger partial charge in [0.1, 0.15) is 0 Å². The first-order valence-corrected chi connectivity index (χ1v) is 1.82. The molecule has 1 saturated carbocycles. The van der Waals surface area contributed by atoms with E-state index >= 15 is 0 Å². The van der Waals surface area contributed by atoms with Crippen molar-refractivity contribution in [2.45, 2.75) is 18.5 Å². The van der Waals surface area contributed by atoms with Crippen molar-refractivity contribution in [2.75, 3.05) is 0 Å². The van der Waals surface area contributed by atoms with Gasteiger partial charge in [0.15, 0.2) is 0 Å². The Bertz CT molecular complexity index is 44.2. The van der Waals surface area contributed by atoms with Crippen molar-refractivity contribution in [1.29, 1.82) is 0 Å². The molecule has 1 aliphatic rings. The fourth-order valence-corrected chi connectivity index (χ4v) is 0.236.